The first-order valence-corrected chi connectivity index (χ1v) is 7.05. The van der Waals surface area contributed by atoms with Gasteiger partial charge in [0.15, 0.2) is 0 Å². The molecule has 0 heterocycles. The highest BCUT2D eigenvalue weighted by Crippen LogP contribution is 2.40. The van der Waals surface area contributed by atoms with Gasteiger partial charge in [0.25, 0.3) is 0 Å². The van der Waals surface area contributed by atoms with Crippen molar-refractivity contribution in [2.75, 3.05) is 0 Å². The zero-order chi connectivity index (χ0) is 12.6. The molecule has 0 amide bonds. The summed E-state index contributed by atoms with van der Waals surface area (Å²) in [5.41, 5.74) is 6.12. The van der Waals surface area contributed by atoms with Crippen molar-refractivity contribution in [2.24, 2.45) is 11.1 Å². The summed E-state index contributed by atoms with van der Waals surface area (Å²) in [6, 6.07) is 6.11. The van der Waals surface area contributed by atoms with Crippen molar-refractivity contribution in [2.45, 2.75) is 42.9 Å². The number of benzene rings is 1. The fraction of sp³-hybridized carbons (Fsp3) is 0.538. The van der Waals surface area contributed by atoms with Gasteiger partial charge in [-0.25, -0.2) is 4.39 Å². The van der Waals surface area contributed by atoms with Gasteiger partial charge in [-0.05, 0) is 30.4 Å². The van der Waals surface area contributed by atoms with E-state index < -0.39 is 16.6 Å². The molecular weight excluding hydrogens is 237 g/mol. The molecule has 0 saturated heterocycles. The van der Waals surface area contributed by atoms with E-state index in [2.05, 4.69) is 13.8 Å². The predicted molar refractivity (Wildman–Crippen MR) is 67.6 cm³/mol. The Labute approximate surface area is 104 Å². The molecule has 0 aliphatic heterocycles. The molecule has 1 aromatic rings. The molecule has 2 N–H and O–H groups in total. The van der Waals surface area contributed by atoms with Crippen molar-refractivity contribution in [3.63, 3.8) is 0 Å². The van der Waals surface area contributed by atoms with Crippen LogP contribution in [0.4, 0.5) is 4.39 Å². The average Bonchev–Trinajstić information content (AvgIpc) is 2.54. The lowest BCUT2D eigenvalue weighted by Crippen LogP contribution is -2.41. The van der Waals surface area contributed by atoms with Crippen LogP contribution < -0.4 is 5.73 Å². The van der Waals surface area contributed by atoms with Crippen LogP contribution in [0, 0.1) is 11.2 Å². The molecule has 94 valence electrons. The average molecular weight is 255 g/mol. The highest BCUT2D eigenvalue weighted by atomic mass is 32.2. The molecule has 2 rings (SSSR count). The van der Waals surface area contributed by atoms with Crippen LogP contribution >= 0.6 is 0 Å². The van der Waals surface area contributed by atoms with Crippen LogP contribution in [0.1, 0.15) is 26.7 Å². The minimum atomic E-state index is -1.35. The Balaban J connectivity index is 2.26. The molecule has 1 aliphatic rings. The maximum absolute atomic E-state index is 13.6. The Morgan fingerprint density at radius 3 is 2.59 bits per heavy atom. The van der Waals surface area contributed by atoms with Crippen molar-refractivity contribution in [1.82, 2.24) is 0 Å². The fourth-order valence-electron chi connectivity index (χ4n) is 2.37. The fourth-order valence-corrected chi connectivity index (χ4v) is 4.14. The van der Waals surface area contributed by atoms with Gasteiger partial charge in [-0.2, -0.15) is 0 Å². The Morgan fingerprint density at radius 1 is 1.41 bits per heavy atom. The maximum Gasteiger partial charge on any atom is 0.139 e. The number of rotatable bonds is 2. The van der Waals surface area contributed by atoms with Crippen molar-refractivity contribution in [3.05, 3.63) is 30.1 Å². The molecule has 0 bridgehead atoms. The Morgan fingerprint density at radius 2 is 2.06 bits per heavy atom. The SMILES string of the molecule is CC1(C)CCC(S(=O)c2ccccc2F)C1N. The summed E-state index contributed by atoms with van der Waals surface area (Å²) in [4.78, 5) is 0.283. The second-order valence-corrected chi connectivity index (χ2v) is 6.96. The molecule has 1 saturated carbocycles. The minimum Gasteiger partial charge on any atom is -0.326 e. The van der Waals surface area contributed by atoms with Gasteiger partial charge in [-0.15, -0.1) is 0 Å². The van der Waals surface area contributed by atoms with Crippen molar-refractivity contribution >= 4 is 10.8 Å². The molecule has 3 atom stereocenters. The maximum atomic E-state index is 13.6. The van der Waals surface area contributed by atoms with Crippen LogP contribution in [-0.2, 0) is 10.8 Å². The van der Waals surface area contributed by atoms with Crippen LogP contribution in [0.3, 0.4) is 0 Å². The van der Waals surface area contributed by atoms with Gasteiger partial charge in [-0.3, -0.25) is 4.21 Å². The zero-order valence-electron chi connectivity index (χ0n) is 10.2. The normalized spacial score (nSPS) is 29.2. The van der Waals surface area contributed by atoms with Crippen molar-refractivity contribution in [1.29, 1.82) is 0 Å². The van der Waals surface area contributed by atoms with Gasteiger partial charge in [0.1, 0.15) is 5.82 Å². The predicted octanol–water partition coefficient (Wildman–Crippen LogP) is 2.45. The van der Waals surface area contributed by atoms with E-state index in [1.54, 1.807) is 18.2 Å². The molecule has 0 aromatic heterocycles. The molecule has 3 unspecified atom stereocenters. The Kier molecular flexibility index (Phi) is 3.36. The first-order valence-electron chi connectivity index (χ1n) is 5.84. The van der Waals surface area contributed by atoms with Gasteiger partial charge in [0, 0.05) is 6.04 Å². The van der Waals surface area contributed by atoms with E-state index in [9.17, 15) is 8.60 Å². The molecule has 0 spiro atoms. The smallest absolute Gasteiger partial charge is 0.139 e. The lowest BCUT2D eigenvalue weighted by Gasteiger charge is -2.26. The largest absolute Gasteiger partial charge is 0.326 e. The molecule has 4 heteroatoms. The third-order valence-electron chi connectivity index (χ3n) is 3.70. The second-order valence-electron chi connectivity index (χ2n) is 5.32. The lowest BCUT2D eigenvalue weighted by molar-refractivity contribution is 0.333. The molecule has 1 fully saturated rings. The van der Waals surface area contributed by atoms with E-state index >= 15 is 0 Å². The monoisotopic (exact) mass is 255 g/mol. The number of hydrogen-bond donors (Lipinski definition) is 1. The standard InChI is InChI=1S/C13H18FNOS/c1-13(2)8-7-11(12(13)15)17(16)10-6-4-3-5-9(10)14/h3-6,11-12H,7-8,15H2,1-2H3. The number of nitrogens with two attached hydrogens (primary N) is 1. The third-order valence-corrected chi connectivity index (χ3v) is 5.55. The van der Waals surface area contributed by atoms with Crippen LogP contribution in [0.25, 0.3) is 0 Å². The van der Waals surface area contributed by atoms with Crippen LogP contribution in [-0.4, -0.2) is 15.5 Å². The molecular formula is C13H18FNOS. The summed E-state index contributed by atoms with van der Waals surface area (Å²) < 4.78 is 25.9. The van der Waals surface area contributed by atoms with E-state index in [-0.39, 0.29) is 21.6 Å². The van der Waals surface area contributed by atoms with Gasteiger partial charge >= 0.3 is 0 Å². The highest BCUT2D eigenvalue weighted by Gasteiger charge is 2.43. The molecule has 2 nitrogen and oxygen atoms in total. The minimum absolute atomic E-state index is 0.00835. The summed E-state index contributed by atoms with van der Waals surface area (Å²) in [5, 5.41) is -0.137. The van der Waals surface area contributed by atoms with E-state index in [1.807, 2.05) is 0 Å². The van der Waals surface area contributed by atoms with E-state index in [0.29, 0.717) is 0 Å². The summed E-state index contributed by atoms with van der Waals surface area (Å²) in [5.74, 6) is -0.400. The van der Waals surface area contributed by atoms with Crippen molar-refractivity contribution < 1.29 is 8.60 Å². The first-order chi connectivity index (χ1) is 7.93. The van der Waals surface area contributed by atoms with Gasteiger partial charge < -0.3 is 5.73 Å². The van der Waals surface area contributed by atoms with Crippen molar-refractivity contribution in [3.8, 4) is 0 Å². The molecule has 1 aliphatic carbocycles. The number of halogens is 1. The van der Waals surface area contributed by atoms with Gasteiger partial charge in [0.2, 0.25) is 0 Å². The topological polar surface area (TPSA) is 43.1 Å². The zero-order valence-corrected chi connectivity index (χ0v) is 11.0. The molecule has 17 heavy (non-hydrogen) atoms. The second kappa shape index (κ2) is 4.50. The molecule has 1 aromatic carbocycles. The summed E-state index contributed by atoms with van der Waals surface area (Å²) in [6.07, 6.45) is 1.74. The highest BCUT2D eigenvalue weighted by molar-refractivity contribution is 7.85. The molecule has 0 radical (unpaired) electrons. The Hall–Kier alpha value is -0.740. The van der Waals surface area contributed by atoms with Gasteiger partial charge in [0.05, 0.1) is 20.9 Å². The van der Waals surface area contributed by atoms with Gasteiger partial charge in [-0.1, -0.05) is 26.0 Å². The van der Waals surface area contributed by atoms with E-state index in [1.165, 1.54) is 6.07 Å². The van der Waals surface area contributed by atoms with Crippen LogP contribution in [0.5, 0.6) is 0 Å². The lowest BCUT2D eigenvalue weighted by atomic mass is 9.88. The van der Waals surface area contributed by atoms with E-state index in [0.717, 1.165) is 12.8 Å². The van der Waals surface area contributed by atoms with Crippen LogP contribution in [0.15, 0.2) is 29.2 Å². The Bertz CT molecular complexity index is 447. The summed E-state index contributed by atoms with van der Waals surface area (Å²) >= 11 is 0. The number of hydrogen-bond acceptors (Lipinski definition) is 2. The van der Waals surface area contributed by atoms with Crippen LogP contribution in [0.2, 0.25) is 0 Å². The quantitative estimate of drug-likeness (QED) is 0.882. The first kappa shape index (κ1) is 12.7. The third kappa shape index (κ3) is 2.29. The summed E-state index contributed by atoms with van der Waals surface area (Å²) in [7, 11) is -1.35. The summed E-state index contributed by atoms with van der Waals surface area (Å²) in [6.45, 7) is 4.16. The van der Waals surface area contributed by atoms with E-state index in [4.69, 9.17) is 5.73 Å².